The summed E-state index contributed by atoms with van der Waals surface area (Å²) < 4.78 is 10.8. The maximum atomic E-state index is 12.8. The summed E-state index contributed by atoms with van der Waals surface area (Å²) in [6, 6.07) is -0.644. The van der Waals surface area contributed by atoms with Crippen LogP contribution in [0.5, 0.6) is 0 Å². The van der Waals surface area contributed by atoms with Crippen LogP contribution in [0.15, 0.2) is 0 Å². The quantitative estimate of drug-likeness (QED) is 0.824. The van der Waals surface area contributed by atoms with Crippen LogP contribution in [-0.2, 0) is 19.1 Å². The molecule has 0 bridgehead atoms. The maximum Gasteiger partial charge on any atom is 0.326 e. The molecule has 3 aliphatic rings. The van der Waals surface area contributed by atoms with Gasteiger partial charge in [0.25, 0.3) is 5.91 Å². The monoisotopic (exact) mass is 297 g/mol. The lowest BCUT2D eigenvalue weighted by Crippen LogP contribution is -2.60. The Labute approximate surface area is 124 Å². The molecule has 4 unspecified atom stereocenters. The zero-order valence-electron chi connectivity index (χ0n) is 12.2. The second-order valence-electron chi connectivity index (χ2n) is 6.22. The minimum absolute atomic E-state index is 0.0617. The number of carboxylic acid groups (broad SMARTS) is 1. The van der Waals surface area contributed by atoms with Crippen molar-refractivity contribution in [1.29, 1.82) is 0 Å². The molecular weight excluding hydrogens is 274 g/mol. The van der Waals surface area contributed by atoms with Gasteiger partial charge in [-0.1, -0.05) is 12.8 Å². The van der Waals surface area contributed by atoms with Crippen LogP contribution < -0.4 is 0 Å². The number of hydrogen-bond donors (Lipinski definition) is 1. The number of rotatable bonds is 2. The van der Waals surface area contributed by atoms with Crippen molar-refractivity contribution in [2.24, 2.45) is 5.92 Å². The molecule has 1 saturated carbocycles. The molecule has 0 aromatic carbocycles. The molecule has 6 heteroatoms. The number of amides is 1. The van der Waals surface area contributed by atoms with E-state index in [1.165, 1.54) is 6.42 Å². The highest BCUT2D eigenvalue weighted by molar-refractivity contribution is 5.87. The van der Waals surface area contributed by atoms with E-state index in [1.54, 1.807) is 4.90 Å². The van der Waals surface area contributed by atoms with E-state index in [0.717, 1.165) is 25.7 Å². The molecule has 6 nitrogen and oxygen atoms in total. The summed E-state index contributed by atoms with van der Waals surface area (Å²) in [5.41, 5.74) is 0. The molecule has 2 saturated heterocycles. The Morgan fingerprint density at radius 3 is 2.57 bits per heavy atom. The first-order valence-corrected chi connectivity index (χ1v) is 7.93. The van der Waals surface area contributed by atoms with Crippen molar-refractivity contribution in [1.82, 2.24) is 4.90 Å². The first-order chi connectivity index (χ1) is 10.2. The Kier molecular flexibility index (Phi) is 4.45. The van der Waals surface area contributed by atoms with Crippen molar-refractivity contribution in [2.45, 2.75) is 56.7 Å². The fraction of sp³-hybridized carbons (Fsp3) is 0.867. The van der Waals surface area contributed by atoms with Gasteiger partial charge in [0.1, 0.15) is 6.04 Å². The molecule has 1 aliphatic carbocycles. The van der Waals surface area contributed by atoms with Crippen molar-refractivity contribution in [3.8, 4) is 0 Å². The number of hydrogen-bond acceptors (Lipinski definition) is 4. The average molecular weight is 297 g/mol. The summed E-state index contributed by atoms with van der Waals surface area (Å²) in [6.07, 6.45) is 5.09. The van der Waals surface area contributed by atoms with Crippen LogP contribution in [0, 0.1) is 5.92 Å². The van der Waals surface area contributed by atoms with Gasteiger partial charge in [-0.25, -0.2) is 4.79 Å². The van der Waals surface area contributed by atoms with Gasteiger partial charge in [0.2, 0.25) is 0 Å². The normalized spacial score (nSPS) is 36.9. The fourth-order valence-electron chi connectivity index (χ4n) is 3.99. The van der Waals surface area contributed by atoms with Crippen molar-refractivity contribution in [3.05, 3.63) is 0 Å². The van der Waals surface area contributed by atoms with Crippen molar-refractivity contribution < 1.29 is 24.2 Å². The predicted molar refractivity (Wildman–Crippen MR) is 73.8 cm³/mol. The number of nitrogens with zero attached hydrogens (tertiary/aromatic N) is 1. The van der Waals surface area contributed by atoms with Gasteiger partial charge in [0.15, 0.2) is 6.10 Å². The Morgan fingerprint density at radius 1 is 1.05 bits per heavy atom. The second kappa shape index (κ2) is 6.32. The van der Waals surface area contributed by atoms with Crippen LogP contribution >= 0.6 is 0 Å². The van der Waals surface area contributed by atoms with Gasteiger partial charge in [-0.2, -0.15) is 0 Å². The number of carboxylic acids is 1. The van der Waals surface area contributed by atoms with Gasteiger partial charge in [-0.05, 0) is 31.6 Å². The molecule has 3 fully saturated rings. The molecule has 1 amide bonds. The first-order valence-electron chi connectivity index (χ1n) is 7.93. The van der Waals surface area contributed by atoms with E-state index < -0.39 is 18.1 Å². The van der Waals surface area contributed by atoms with Crippen molar-refractivity contribution in [2.75, 3.05) is 19.8 Å². The topological polar surface area (TPSA) is 76.1 Å². The lowest BCUT2D eigenvalue weighted by Gasteiger charge is -2.48. The predicted octanol–water partition coefficient (Wildman–Crippen LogP) is 1.04. The number of carbonyl (C=O) groups is 2. The van der Waals surface area contributed by atoms with Gasteiger partial charge < -0.3 is 19.5 Å². The largest absolute Gasteiger partial charge is 0.480 e. The number of fused-ring (bicyclic) bond motifs is 1. The first kappa shape index (κ1) is 14.8. The molecule has 21 heavy (non-hydrogen) atoms. The molecular formula is C15H23NO5. The summed E-state index contributed by atoms with van der Waals surface area (Å²) in [6.45, 7) is 1.13. The lowest BCUT2D eigenvalue weighted by molar-refractivity contribution is -0.174. The van der Waals surface area contributed by atoms with Crippen molar-refractivity contribution >= 4 is 11.9 Å². The van der Waals surface area contributed by atoms with E-state index in [0.29, 0.717) is 25.6 Å². The Hall–Kier alpha value is -1.14. The van der Waals surface area contributed by atoms with Gasteiger partial charge in [0.05, 0.1) is 19.8 Å². The third-order valence-electron chi connectivity index (χ3n) is 5.00. The SMILES string of the molecule is O=C(O)C1CCC2CCCCC2N1C(=O)C1COCCO1. The Bertz CT molecular complexity index is 407. The zero-order valence-corrected chi connectivity index (χ0v) is 12.2. The van der Waals surface area contributed by atoms with E-state index in [2.05, 4.69) is 0 Å². The van der Waals surface area contributed by atoms with Crippen LogP contribution in [-0.4, -0.2) is 59.9 Å². The number of carbonyl (C=O) groups excluding carboxylic acids is 1. The summed E-state index contributed by atoms with van der Waals surface area (Å²) >= 11 is 0. The number of aliphatic carboxylic acids is 1. The third-order valence-corrected chi connectivity index (χ3v) is 5.00. The van der Waals surface area contributed by atoms with Gasteiger partial charge in [0, 0.05) is 6.04 Å². The van der Waals surface area contributed by atoms with Crippen LogP contribution in [0.3, 0.4) is 0 Å². The highest BCUT2D eigenvalue weighted by Crippen LogP contribution is 2.38. The minimum atomic E-state index is -0.899. The number of ether oxygens (including phenoxy) is 2. The van der Waals surface area contributed by atoms with E-state index in [-0.39, 0.29) is 18.6 Å². The molecule has 0 spiro atoms. The van der Waals surface area contributed by atoms with Gasteiger partial charge >= 0.3 is 5.97 Å². The lowest BCUT2D eigenvalue weighted by atomic mass is 9.76. The van der Waals surface area contributed by atoms with E-state index in [1.807, 2.05) is 0 Å². The minimum Gasteiger partial charge on any atom is -0.480 e. The molecule has 1 N–H and O–H groups in total. The molecule has 2 heterocycles. The zero-order chi connectivity index (χ0) is 14.8. The highest BCUT2D eigenvalue weighted by Gasteiger charge is 2.45. The second-order valence-corrected chi connectivity index (χ2v) is 6.22. The summed E-state index contributed by atoms with van der Waals surface area (Å²) in [7, 11) is 0. The Morgan fingerprint density at radius 2 is 1.86 bits per heavy atom. The molecule has 3 rings (SSSR count). The number of piperidine rings is 1. The maximum absolute atomic E-state index is 12.8. The van der Waals surface area contributed by atoms with E-state index in [9.17, 15) is 14.7 Å². The van der Waals surface area contributed by atoms with Gasteiger partial charge in [-0.3, -0.25) is 4.79 Å². The molecule has 0 aromatic rings. The summed E-state index contributed by atoms with van der Waals surface area (Å²) in [4.78, 5) is 26.0. The van der Waals surface area contributed by atoms with Crippen LogP contribution in [0.1, 0.15) is 38.5 Å². The average Bonchev–Trinajstić information content (AvgIpc) is 2.53. The number of likely N-dealkylation sites (tertiary alicyclic amines) is 1. The van der Waals surface area contributed by atoms with Crippen LogP contribution in [0.25, 0.3) is 0 Å². The Balaban J connectivity index is 1.81. The fourth-order valence-corrected chi connectivity index (χ4v) is 3.99. The molecule has 2 aliphatic heterocycles. The van der Waals surface area contributed by atoms with Gasteiger partial charge in [-0.15, -0.1) is 0 Å². The molecule has 0 aromatic heterocycles. The summed E-state index contributed by atoms with van der Waals surface area (Å²) in [5, 5.41) is 9.48. The highest BCUT2D eigenvalue weighted by atomic mass is 16.6. The molecule has 0 radical (unpaired) electrons. The van der Waals surface area contributed by atoms with Crippen LogP contribution in [0.4, 0.5) is 0 Å². The molecule has 4 atom stereocenters. The molecule has 118 valence electrons. The third kappa shape index (κ3) is 2.92. The van der Waals surface area contributed by atoms with Crippen LogP contribution in [0.2, 0.25) is 0 Å². The van der Waals surface area contributed by atoms with E-state index >= 15 is 0 Å². The standard InChI is InChI=1S/C15H23NO5/c17-14(13-9-20-7-8-21-13)16-11-4-2-1-3-10(11)5-6-12(16)15(18)19/h10-13H,1-9H2,(H,18,19). The van der Waals surface area contributed by atoms with Crippen molar-refractivity contribution in [3.63, 3.8) is 0 Å². The smallest absolute Gasteiger partial charge is 0.326 e. The van der Waals surface area contributed by atoms with E-state index in [4.69, 9.17) is 9.47 Å². The summed E-state index contributed by atoms with van der Waals surface area (Å²) in [5.74, 6) is -0.648.